The topological polar surface area (TPSA) is 53.4 Å². The molecule has 2 heterocycles. The van der Waals surface area contributed by atoms with E-state index in [0.29, 0.717) is 16.7 Å². The third-order valence-electron chi connectivity index (χ3n) is 3.94. The lowest BCUT2D eigenvalue weighted by Gasteiger charge is -2.23. The van der Waals surface area contributed by atoms with Gasteiger partial charge in [-0.05, 0) is 36.8 Å². The third kappa shape index (κ3) is 4.05. The Kier molecular flexibility index (Phi) is 4.98. The lowest BCUT2D eigenvalue weighted by Crippen LogP contribution is -2.33. The van der Waals surface area contributed by atoms with Gasteiger partial charge in [-0.25, -0.2) is 4.98 Å². The first-order valence-corrected chi connectivity index (χ1v) is 7.37. The van der Waals surface area contributed by atoms with E-state index >= 15 is 0 Å². The second kappa shape index (κ2) is 6.73. The zero-order valence-electron chi connectivity index (χ0n) is 12.7. The smallest absolute Gasteiger partial charge is 0.273 e. The van der Waals surface area contributed by atoms with Crippen LogP contribution in [0.25, 0.3) is 0 Å². The highest BCUT2D eigenvalue weighted by molar-refractivity contribution is 5.94. The number of likely N-dealkylation sites (tertiary alicyclic amines) is 1. The minimum Gasteiger partial charge on any atom is -0.384 e. The number of carbonyl (C=O) groups excluding carboxylic acids is 1. The highest BCUT2D eigenvalue weighted by Crippen LogP contribution is 2.30. The first-order valence-electron chi connectivity index (χ1n) is 7.37. The molecule has 0 radical (unpaired) electrons. The van der Waals surface area contributed by atoms with Gasteiger partial charge >= 0.3 is 0 Å². The molecule has 1 N–H and O–H groups in total. The Labute approximate surface area is 126 Å². The molecule has 1 saturated heterocycles. The molecular formula is C17H22N2O2. The average molecular weight is 286 g/mol. The molecule has 21 heavy (non-hydrogen) atoms. The van der Waals surface area contributed by atoms with Crippen molar-refractivity contribution in [2.75, 3.05) is 19.7 Å². The number of aliphatic hydroxyl groups is 1. The van der Waals surface area contributed by atoms with Crippen LogP contribution >= 0.6 is 0 Å². The molecule has 1 amide bonds. The lowest BCUT2D eigenvalue weighted by molar-refractivity contribution is 0.0751. The molecule has 1 aliphatic heterocycles. The lowest BCUT2D eigenvalue weighted by atomic mass is 9.85. The van der Waals surface area contributed by atoms with Crippen LogP contribution in [0, 0.1) is 17.3 Å². The summed E-state index contributed by atoms with van der Waals surface area (Å²) in [5.74, 6) is 5.33. The molecule has 112 valence electrons. The van der Waals surface area contributed by atoms with Crippen LogP contribution < -0.4 is 0 Å². The number of amides is 1. The summed E-state index contributed by atoms with van der Waals surface area (Å²) in [6.45, 7) is 5.81. The van der Waals surface area contributed by atoms with Crippen molar-refractivity contribution >= 4 is 5.91 Å². The summed E-state index contributed by atoms with van der Waals surface area (Å²) in [7, 11) is 0. The van der Waals surface area contributed by atoms with Gasteiger partial charge in [-0.2, -0.15) is 0 Å². The van der Waals surface area contributed by atoms with Crippen LogP contribution in [0.4, 0.5) is 0 Å². The van der Waals surface area contributed by atoms with E-state index in [9.17, 15) is 4.79 Å². The van der Waals surface area contributed by atoms with Crippen molar-refractivity contribution in [3.05, 3.63) is 29.6 Å². The Bertz CT molecular complexity index is 570. The largest absolute Gasteiger partial charge is 0.384 e. The van der Waals surface area contributed by atoms with Crippen molar-refractivity contribution in [3.8, 4) is 11.8 Å². The number of aliphatic hydroxyl groups excluding tert-OH is 1. The molecule has 0 spiro atoms. The van der Waals surface area contributed by atoms with E-state index in [2.05, 4.69) is 30.7 Å². The summed E-state index contributed by atoms with van der Waals surface area (Å²) in [6.07, 6.45) is 4.77. The van der Waals surface area contributed by atoms with Crippen LogP contribution in [0.15, 0.2) is 18.3 Å². The Morgan fingerprint density at radius 2 is 2.24 bits per heavy atom. The van der Waals surface area contributed by atoms with E-state index in [-0.39, 0.29) is 12.5 Å². The van der Waals surface area contributed by atoms with Crippen LogP contribution in [0.5, 0.6) is 0 Å². The standard InChI is InChI=1S/C17H22N2O2/c1-17(2)8-5-11-19(12-9-17)16(21)15-14(7-4-13-20)6-3-10-18-15/h3,6,10,20H,5,8-9,11-13H2,1-2H3. The van der Waals surface area contributed by atoms with Gasteiger partial charge in [0.15, 0.2) is 0 Å². The third-order valence-corrected chi connectivity index (χ3v) is 3.94. The summed E-state index contributed by atoms with van der Waals surface area (Å²) in [5, 5.41) is 8.81. The average Bonchev–Trinajstić information content (AvgIpc) is 2.65. The fourth-order valence-corrected chi connectivity index (χ4v) is 2.59. The summed E-state index contributed by atoms with van der Waals surface area (Å²) in [5.41, 5.74) is 1.26. The number of hydrogen-bond acceptors (Lipinski definition) is 3. The van der Waals surface area contributed by atoms with Gasteiger partial charge in [0.2, 0.25) is 0 Å². The molecule has 1 aliphatic rings. The highest BCUT2D eigenvalue weighted by atomic mass is 16.2. The van der Waals surface area contributed by atoms with Gasteiger partial charge in [-0.15, -0.1) is 0 Å². The van der Waals surface area contributed by atoms with Crippen molar-refractivity contribution in [3.63, 3.8) is 0 Å². The van der Waals surface area contributed by atoms with Crippen LogP contribution in [0.3, 0.4) is 0 Å². The van der Waals surface area contributed by atoms with Crippen molar-refractivity contribution < 1.29 is 9.90 Å². The molecular weight excluding hydrogens is 264 g/mol. The number of rotatable bonds is 1. The zero-order chi connectivity index (χ0) is 15.3. The van der Waals surface area contributed by atoms with E-state index in [1.54, 1.807) is 18.3 Å². The Morgan fingerprint density at radius 1 is 1.43 bits per heavy atom. The van der Waals surface area contributed by atoms with Gasteiger partial charge < -0.3 is 10.0 Å². The number of carbonyl (C=O) groups is 1. The van der Waals surface area contributed by atoms with Crippen molar-refractivity contribution in [1.82, 2.24) is 9.88 Å². The normalized spacial score (nSPS) is 17.6. The summed E-state index contributed by atoms with van der Waals surface area (Å²) in [4.78, 5) is 18.8. The fraction of sp³-hybridized carbons (Fsp3) is 0.529. The molecule has 4 nitrogen and oxygen atoms in total. The first kappa shape index (κ1) is 15.5. The van der Waals surface area contributed by atoms with Gasteiger partial charge in [0.25, 0.3) is 5.91 Å². The SMILES string of the molecule is CC1(C)CCCN(C(=O)c2ncccc2C#CCO)CC1. The van der Waals surface area contributed by atoms with Crippen molar-refractivity contribution in [2.45, 2.75) is 33.1 Å². The van der Waals surface area contributed by atoms with Gasteiger partial charge in [-0.1, -0.05) is 25.7 Å². The first-order chi connectivity index (χ1) is 10.0. The maximum absolute atomic E-state index is 12.7. The van der Waals surface area contributed by atoms with Crippen LogP contribution in [0.2, 0.25) is 0 Å². The van der Waals surface area contributed by atoms with E-state index in [1.165, 1.54) is 0 Å². The monoisotopic (exact) mass is 286 g/mol. The fourth-order valence-electron chi connectivity index (χ4n) is 2.59. The van der Waals surface area contributed by atoms with Gasteiger partial charge in [-0.3, -0.25) is 4.79 Å². The molecule has 0 bridgehead atoms. The van der Waals surface area contributed by atoms with Gasteiger partial charge in [0.05, 0.1) is 5.56 Å². The number of pyridine rings is 1. The highest BCUT2D eigenvalue weighted by Gasteiger charge is 2.27. The van der Waals surface area contributed by atoms with Gasteiger partial charge in [0.1, 0.15) is 12.3 Å². The summed E-state index contributed by atoms with van der Waals surface area (Å²) >= 11 is 0. The van der Waals surface area contributed by atoms with Gasteiger partial charge in [0, 0.05) is 19.3 Å². The molecule has 0 unspecified atom stereocenters. The molecule has 1 aromatic rings. The Hall–Kier alpha value is -1.86. The zero-order valence-corrected chi connectivity index (χ0v) is 12.7. The number of hydrogen-bond donors (Lipinski definition) is 1. The van der Waals surface area contributed by atoms with E-state index in [0.717, 1.165) is 32.4 Å². The molecule has 0 aliphatic carbocycles. The predicted molar refractivity (Wildman–Crippen MR) is 81.7 cm³/mol. The second-order valence-electron chi connectivity index (χ2n) is 6.17. The molecule has 1 aromatic heterocycles. The number of nitrogens with zero attached hydrogens (tertiary/aromatic N) is 2. The number of aromatic nitrogens is 1. The molecule has 0 saturated carbocycles. The maximum Gasteiger partial charge on any atom is 0.273 e. The van der Waals surface area contributed by atoms with Crippen LogP contribution in [0.1, 0.15) is 49.2 Å². The summed E-state index contributed by atoms with van der Waals surface area (Å²) in [6, 6.07) is 3.52. The van der Waals surface area contributed by atoms with E-state index < -0.39 is 0 Å². The Morgan fingerprint density at radius 3 is 3.00 bits per heavy atom. The van der Waals surface area contributed by atoms with Crippen LogP contribution in [-0.2, 0) is 0 Å². The quantitative estimate of drug-likeness (QED) is 0.804. The minimum atomic E-state index is -0.222. The van der Waals surface area contributed by atoms with Crippen molar-refractivity contribution in [2.24, 2.45) is 5.41 Å². The second-order valence-corrected chi connectivity index (χ2v) is 6.17. The molecule has 2 rings (SSSR count). The molecule has 0 aromatic carbocycles. The maximum atomic E-state index is 12.7. The van der Waals surface area contributed by atoms with Crippen molar-refractivity contribution in [1.29, 1.82) is 0 Å². The van der Waals surface area contributed by atoms with E-state index in [4.69, 9.17) is 5.11 Å². The summed E-state index contributed by atoms with van der Waals surface area (Å²) < 4.78 is 0. The molecule has 1 fully saturated rings. The molecule has 4 heteroatoms. The van der Waals surface area contributed by atoms with E-state index in [1.807, 2.05) is 4.90 Å². The Balaban J connectivity index is 2.20. The molecule has 0 atom stereocenters. The predicted octanol–water partition coefficient (Wildman–Crippen LogP) is 2.08. The minimum absolute atomic E-state index is 0.0597. The van der Waals surface area contributed by atoms with Crippen LogP contribution in [-0.4, -0.2) is 40.6 Å².